The van der Waals surface area contributed by atoms with Gasteiger partial charge < -0.3 is 0 Å². The van der Waals surface area contributed by atoms with Gasteiger partial charge in [-0.1, -0.05) is 25.1 Å². The van der Waals surface area contributed by atoms with Gasteiger partial charge in [0.1, 0.15) is 5.82 Å². The molecule has 0 aliphatic heterocycles. The lowest BCUT2D eigenvalue weighted by molar-refractivity contribution is 0.525. The Labute approximate surface area is 112 Å². The van der Waals surface area contributed by atoms with E-state index in [-0.39, 0.29) is 11.9 Å². The van der Waals surface area contributed by atoms with Crippen LogP contribution in [0.2, 0.25) is 0 Å². The summed E-state index contributed by atoms with van der Waals surface area (Å²) in [5, 5.41) is 0. The first-order chi connectivity index (χ1) is 9.26. The lowest BCUT2D eigenvalue weighted by Crippen LogP contribution is -2.30. The molecule has 0 aliphatic carbocycles. The van der Waals surface area contributed by atoms with E-state index in [1.807, 2.05) is 18.3 Å². The first kappa shape index (κ1) is 13.6. The Kier molecular flexibility index (Phi) is 4.60. The minimum absolute atomic E-state index is 0.116. The van der Waals surface area contributed by atoms with Crippen LogP contribution in [0.25, 0.3) is 0 Å². The third-order valence-electron chi connectivity index (χ3n) is 3.28. The monoisotopic (exact) mass is 259 g/mol. The first-order valence-corrected chi connectivity index (χ1v) is 6.38. The summed E-state index contributed by atoms with van der Waals surface area (Å²) in [5.74, 6) is 5.43. The predicted molar refractivity (Wildman–Crippen MR) is 73.8 cm³/mol. The number of hydrazine groups is 1. The number of pyridine rings is 1. The molecule has 100 valence electrons. The number of rotatable bonds is 5. The molecule has 1 unspecified atom stereocenters. The summed E-state index contributed by atoms with van der Waals surface area (Å²) in [6.07, 6.45) is 4.96. The number of nitrogens with one attached hydrogen (secondary N) is 1. The molecule has 3 N–H and O–H groups in total. The minimum Gasteiger partial charge on any atom is -0.271 e. The molecule has 0 amide bonds. The van der Waals surface area contributed by atoms with Gasteiger partial charge in [-0.25, -0.2) is 4.39 Å². The van der Waals surface area contributed by atoms with Crippen molar-refractivity contribution in [1.29, 1.82) is 0 Å². The largest absolute Gasteiger partial charge is 0.271 e. The average Bonchev–Trinajstić information content (AvgIpc) is 2.46. The van der Waals surface area contributed by atoms with Crippen LogP contribution < -0.4 is 11.3 Å². The van der Waals surface area contributed by atoms with Crippen LogP contribution in [0.1, 0.15) is 29.7 Å². The summed E-state index contributed by atoms with van der Waals surface area (Å²) in [5.41, 5.74) is 5.63. The van der Waals surface area contributed by atoms with E-state index in [1.54, 1.807) is 18.3 Å². The third-order valence-corrected chi connectivity index (χ3v) is 3.28. The average molecular weight is 259 g/mol. The standard InChI is InChI=1S/C15H18FN3/c1-2-11-10-18-8-7-13(11)15(19-17)9-12-5-3-4-6-14(12)16/h3-8,10,15,19H,2,9,17H2,1H3. The van der Waals surface area contributed by atoms with E-state index in [1.165, 1.54) is 6.07 Å². The van der Waals surface area contributed by atoms with Crippen molar-refractivity contribution in [3.63, 3.8) is 0 Å². The van der Waals surface area contributed by atoms with Crippen LogP contribution in [0.15, 0.2) is 42.7 Å². The number of hydrogen-bond acceptors (Lipinski definition) is 3. The molecule has 19 heavy (non-hydrogen) atoms. The van der Waals surface area contributed by atoms with Crippen LogP contribution in [0.4, 0.5) is 4.39 Å². The molecule has 0 bridgehead atoms. The highest BCUT2D eigenvalue weighted by atomic mass is 19.1. The summed E-state index contributed by atoms with van der Waals surface area (Å²) in [4.78, 5) is 4.11. The maximum Gasteiger partial charge on any atom is 0.126 e. The van der Waals surface area contributed by atoms with Crippen molar-refractivity contribution in [2.75, 3.05) is 0 Å². The summed E-state index contributed by atoms with van der Waals surface area (Å²) in [7, 11) is 0. The molecular formula is C15H18FN3. The van der Waals surface area contributed by atoms with Gasteiger partial charge >= 0.3 is 0 Å². The van der Waals surface area contributed by atoms with Gasteiger partial charge in [0.15, 0.2) is 0 Å². The van der Waals surface area contributed by atoms with Crippen LogP contribution in [0, 0.1) is 5.82 Å². The quantitative estimate of drug-likeness (QED) is 0.641. The number of nitrogens with two attached hydrogens (primary N) is 1. The number of halogens is 1. The number of benzene rings is 1. The molecule has 2 rings (SSSR count). The second-order valence-corrected chi connectivity index (χ2v) is 4.44. The van der Waals surface area contributed by atoms with Gasteiger partial charge in [-0.2, -0.15) is 0 Å². The van der Waals surface area contributed by atoms with Crippen LogP contribution in [-0.2, 0) is 12.8 Å². The fourth-order valence-corrected chi connectivity index (χ4v) is 2.22. The number of nitrogens with zero attached hydrogens (tertiary/aromatic N) is 1. The number of aryl methyl sites for hydroxylation is 1. The fraction of sp³-hybridized carbons (Fsp3) is 0.267. The highest BCUT2D eigenvalue weighted by Crippen LogP contribution is 2.22. The lowest BCUT2D eigenvalue weighted by atomic mass is 9.95. The zero-order chi connectivity index (χ0) is 13.7. The summed E-state index contributed by atoms with van der Waals surface area (Å²) in [6, 6.07) is 8.59. The van der Waals surface area contributed by atoms with Crippen molar-refractivity contribution in [2.45, 2.75) is 25.8 Å². The highest BCUT2D eigenvalue weighted by Gasteiger charge is 2.15. The van der Waals surface area contributed by atoms with Crippen LogP contribution in [0.5, 0.6) is 0 Å². The van der Waals surface area contributed by atoms with Gasteiger partial charge in [0.25, 0.3) is 0 Å². The van der Waals surface area contributed by atoms with Crippen molar-refractivity contribution in [3.8, 4) is 0 Å². The summed E-state index contributed by atoms with van der Waals surface area (Å²) >= 11 is 0. The topological polar surface area (TPSA) is 50.9 Å². The normalized spacial score (nSPS) is 12.4. The van der Waals surface area contributed by atoms with Crippen molar-refractivity contribution < 1.29 is 4.39 Å². The SMILES string of the molecule is CCc1cnccc1C(Cc1ccccc1F)NN. The molecule has 1 aromatic heterocycles. The molecule has 0 spiro atoms. The smallest absolute Gasteiger partial charge is 0.126 e. The maximum absolute atomic E-state index is 13.7. The number of aromatic nitrogens is 1. The first-order valence-electron chi connectivity index (χ1n) is 6.38. The molecule has 0 aliphatic rings. The van der Waals surface area contributed by atoms with Gasteiger partial charge in [0.2, 0.25) is 0 Å². The van der Waals surface area contributed by atoms with E-state index in [0.29, 0.717) is 12.0 Å². The van der Waals surface area contributed by atoms with E-state index in [9.17, 15) is 4.39 Å². The zero-order valence-corrected chi connectivity index (χ0v) is 10.9. The van der Waals surface area contributed by atoms with Crippen LogP contribution in [-0.4, -0.2) is 4.98 Å². The Balaban J connectivity index is 2.28. The summed E-state index contributed by atoms with van der Waals surface area (Å²) in [6.45, 7) is 2.07. The zero-order valence-electron chi connectivity index (χ0n) is 10.9. The second-order valence-electron chi connectivity index (χ2n) is 4.44. The lowest BCUT2D eigenvalue weighted by Gasteiger charge is -2.19. The molecular weight excluding hydrogens is 241 g/mol. The van der Waals surface area contributed by atoms with E-state index in [4.69, 9.17) is 5.84 Å². The second kappa shape index (κ2) is 6.41. The fourth-order valence-electron chi connectivity index (χ4n) is 2.22. The Hall–Kier alpha value is -1.78. The Morgan fingerprint density at radius 2 is 2.05 bits per heavy atom. The molecule has 1 heterocycles. The van der Waals surface area contributed by atoms with E-state index in [2.05, 4.69) is 17.3 Å². The molecule has 4 heteroatoms. The van der Waals surface area contributed by atoms with Gasteiger partial charge in [0.05, 0.1) is 6.04 Å². The highest BCUT2D eigenvalue weighted by molar-refractivity contribution is 5.29. The third kappa shape index (κ3) is 3.16. The van der Waals surface area contributed by atoms with Crippen LogP contribution >= 0.6 is 0 Å². The molecule has 0 saturated heterocycles. The van der Waals surface area contributed by atoms with E-state index in [0.717, 1.165) is 17.5 Å². The molecule has 2 aromatic rings. The Morgan fingerprint density at radius 1 is 1.26 bits per heavy atom. The Morgan fingerprint density at radius 3 is 2.74 bits per heavy atom. The predicted octanol–water partition coefficient (Wildman–Crippen LogP) is 2.53. The minimum atomic E-state index is -0.199. The summed E-state index contributed by atoms with van der Waals surface area (Å²) < 4.78 is 13.7. The van der Waals surface area contributed by atoms with Crippen molar-refractivity contribution in [1.82, 2.24) is 10.4 Å². The van der Waals surface area contributed by atoms with Gasteiger partial charge in [-0.05, 0) is 41.7 Å². The van der Waals surface area contributed by atoms with E-state index < -0.39 is 0 Å². The van der Waals surface area contributed by atoms with E-state index >= 15 is 0 Å². The molecule has 0 radical (unpaired) electrons. The number of hydrogen-bond donors (Lipinski definition) is 2. The van der Waals surface area contributed by atoms with Gasteiger partial charge in [0, 0.05) is 12.4 Å². The molecule has 3 nitrogen and oxygen atoms in total. The van der Waals surface area contributed by atoms with Crippen molar-refractivity contribution >= 4 is 0 Å². The van der Waals surface area contributed by atoms with Gasteiger partial charge in [-0.3, -0.25) is 16.3 Å². The molecule has 1 atom stereocenters. The molecule has 0 fully saturated rings. The van der Waals surface area contributed by atoms with Crippen molar-refractivity contribution in [3.05, 3.63) is 65.2 Å². The maximum atomic E-state index is 13.7. The van der Waals surface area contributed by atoms with Gasteiger partial charge in [-0.15, -0.1) is 0 Å². The van der Waals surface area contributed by atoms with Crippen LogP contribution in [0.3, 0.4) is 0 Å². The molecule has 1 aromatic carbocycles. The Bertz CT molecular complexity index is 542. The molecule has 0 saturated carbocycles. The van der Waals surface area contributed by atoms with Crippen molar-refractivity contribution in [2.24, 2.45) is 5.84 Å².